The largest absolute Gasteiger partial charge is 0.493 e. The Balaban J connectivity index is 1.30. The molecule has 0 saturated carbocycles. The molecule has 0 spiro atoms. The average Bonchev–Trinajstić information content (AvgIpc) is 3.47. The number of benzene rings is 3. The summed E-state index contributed by atoms with van der Waals surface area (Å²) in [5, 5.41) is 2.86. The zero-order valence-corrected chi connectivity index (χ0v) is 20.4. The molecule has 2 aliphatic rings. The third-order valence-corrected chi connectivity index (χ3v) is 6.45. The Bertz CT molecular complexity index is 1320. The first kappa shape index (κ1) is 24.2. The number of amides is 2. The molecule has 2 amide bonds. The molecule has 9 heteroatoms. The Labute approximate surface area is 213 Å². The Kier molecular flexibility index (Phi) is 6.68. The van der Waals surface area contributed by atoms with Crippen molar-refractivity contribution >= 4 is 23.5 Å². The second-order valence-electron chi connectivity index (χ2n) is 8.67. The van der Waals surface area contributed by atoms with Crippen molar-refractivity contribution in [2.75, 3.05) is 19.5 Å². The minimum Gasteiger partial charge on any atom is -0.493 e. The smallest absolute Gasteiger partial charge is 0.344 e. The second kappa shape index (κ2) is 10.2. The minimum atomic E-state index is -1.03. The average molecular weight is 503 g/mol. The molecule has 3 aromatic carbocycles. The molecule has 5 rings (SSSR count). The molecule has 0 radical (unpaired) electrons. The first-order chi connectivity index (χ1) is 18.0. The fourth-order valence-corrected chi connectivity index (χ4v) is 4.64. The van der Waals surface area contributed by atoms with Crippen molar-refractivity contribution in [1.82, 2.24) is 4.90 Å². The van der Waals surface area contributed by atoms with E-state index in [1.54, 1.807) is 36.4 Å². The van der Waals surface area contributed by atoms with Crippen LogP contribution in [0.5, 0.6) is 17.2 Å². The monoisotopic (exact) mass is 502 g/mol. The molecule has 1 fully saturated rings. The van der Waals surface area contributed by atoms with Crippen LogP contribution in [-0.2, 0) is 20.9 Å². The van der Waals surface area contributed by atoms with Gasteiger partial charge in [0.05, 0.1) is 14.2 Å². The van der Waals surface area contributed by atoms with Crippen LogP contribution in [-0.4, -0.2) is 42.9 Å². The fourth-order valence-electron chi connectivity index (χ4n) is 4.64. The quantitative estimate of drug-likeness (QED) is 0.463. The van der Waals surface area contributed by atoms with E-state index in [1.807, 2.05) is 30.3 Å². The summed E-state index contributed by atoms with van der Waals surface area (Å²) in [6.45, 7) is 0.434. The van der Waals surface area contributed by atoms with E-state index in [-0.39, 0.29) is 29.5 Å². The van der Waals surface area contributed by atoms with Gasteiger partial charge in [-0.25, -0.2) is 4.79 Å². The number of fused-ring (bicyclic) bond motifs is 1. The normalized spacial score (nSPS) is 18.3. The fraction of sp³-hybridized carbons (Fsp3) is 0.250. The van der Waals surface area contributed by atoms with Crippen molar-refractivity contribution in [2.24, 2.45) is 0 Å². The third kappa shape index (κ3) is 4.67. The van der Waals surface area contributed by atoms with Crippen LogP contribution >= 0.6 is 0 Å². The van der Waals surface area contributed by atoms with E-state index < -0.39 is 18.2 Å². The Morgan fingerprint density at radius 2 is 1.76 bits per heavy atom. The lowest BCUT2D eigenvalue weighted by atomic mass is 10.1. The number of anilines is 1. The van der Waals surface area contributed by atoms with E-state index in [9.17, 15) is 14.4 Å². The van der Waals surface area contributed by atoms with Crippen LogP contribution in [0.1, 0.15) is 40.6 Å². The number of esters is 1. The lowest BCUT2D eigenvalue weighted by Crippen LogP contribution is -2.43. The van der Waals surface area contributed by atoms with Gasteiger partial charge in [-0.05, 0) is 48.4 Å². The highest BCUT2D eigenvalue weighted by Gasteiger charge is 2.47. The number of hydrogen-bond acceptors (Lipinski definition) is 7. The molecule has 0 aromatic heterocycles. The number of carbonyl (C=O) groups is 3. The lowest BCUT2D eigenvalue weighted by molar-refractivity contribution is -0.144. The number of methoxy groups -OCH3 is 2. The van der Waals surface area contributed by atoms with Gasteiger partial charge in [0.15, 0.2) is 11.5 Å². The first-order valence-corrected chi connectivity index (χ1v) is 11.8. The standard InChI is InChI=1S/C28H26N2O7/c1-34-22-14-12-20-24(25(22)35-2)28(33)37-27(20)30-21(13-15-23(30)31)26(32)29-18-8-10-19(11-9-18)36-16-17-6-4-3-5-7-17/h3-12,14,21,27H,13,15-16H2,1-2H3,(H,29,32)/t21-,27+/m0/s1. The highest BCUT2D eigenvalue weighted by molar-refractivity contribution is 6.01. The van der Waals surface area contributed by atoms with Gasteiger partial charge in [-0.2, -0.15) is 0 Å². The zero-order valence-electron chi connectivity index (χ0n) is 20.4. The third-order valence-electron chi connectivity index (χ3n) is 6.45. The van der Waals surface area contributed by atoms with Gasteiger partial charge in [0, 0.05) is 17.7 Å². The van der Waals surface area contributed by atoms with Crippen LogP contribution in [0.4, 0.5) is 5.69 Å². The van der Waals surface area contributed by atoms with Gasteiger partial charge in [0.2, 0.25) is 18.0 Å². The second-order valence-corrected chi connectivity index (χ2v) is 8.67. The van der Waals surface area contributed by atoms with Gasteiger partial charge >= 0.3 is 5.97 Å². The van der Waals surface area contributed by atoms with E-state index in [2.05, 4.69) is 5.32 Å². The Morgan fingerprint density at radius 1 is 1.00 bits per heavy atom. The number of ether oxygens (including phenoxy) is 4. The molecule has 0 unspecified atom stereocenters. The summed E-state index contributed by atoms with van der Waals surface area (Å²) < 4.78 is 22.0. The molecule has 3 aromatic rings. The Morgan fingerprint density at radius 3 is 2.46 bits per heavy atom. The highest BCUT2D eigenvalue weighted by Crippen LogP contribution is 2.45. The summed E-state index contributed by atoms with van der Waals surface area (Å²) in [5.74, 6) is -0.00935. The minimum absolute atomic E-state index is 0.168. The topological polar surface area (TPSA) is 103 Å². The first-order valence-electron chi connectivity index (χ1n) is 11.8. The number of nitrogens with one attached hydrogen (secondary N) is 1. The van der Waals surface area contributed by atoms with Crippen LogP contribution in [0.3, 0.4) is 0 Å². The summed E-state index contributed by atoms with van der Waals surface area (Å²) in [5.41, 5.74) is 2.26. The van der Waals surface area contributed by atoms with Gasteiger partial charge < -0.3 is 24.3 Å². The number of cyclic esters (lactones) is 1. The van der Waals surface area contributed by atoms with E-state index >= 15 is 0 Å². The summed E-state index contributed by atoms with van der Waals surface area (Å²) in [7, 11) is 2.89. The molecule has 190 valence electrons. The van der Waals surface area contributed by atoms with Crippen LogP contribution in [0.15, 0.2) is 66.7 Å². The molecule has 1 saturated heterocycles. The van der Waals surface area contributed by atoms with Crippen molar-refractivity contribution in [3.05, 3.63) is 83.4 Å². The van der Waals surface area contributed by atoms with Crippen molar-refractivity contribution in [3.63, 3.8) is 0 Å². The molecule has 9 nitrogen and oxygen atoms in total. The van der Waals surface area contributed by atoms with Gasteiger partial charge in [-0.1, -0.05) is 30.3 Å². The summed E-state index contributed by atoms with van der Waals surface area (Å²) in [4.78, 5) is 40.1. The predicted molar refractivity (Wildman–Crippen MR) is 133 cm³/mol. The molecule has 2 atom stereocenters. The molecule has 0 bridgehead atoms. The number of rotatable bonds is 8. The summed E-state index contributed by atoms with van der Waals surface area (Å²) >= 11 is 0. The molecule has 2 heterocycles. The zero-order chi connectivity index (χ0) is 25.9. The van der Waals surface area contributed by atoms with Crippen molar-refractivity contribution in [1.29, 1.82) is 0 Å². The number of likely N-dealkylation sites (tertiary alicyclic amines) is 1. The van der Waals surface area contributed by atoms with E-state index in [4.69, 9.17) is 18.9 Å². The number of hydrogen-bond donors (Lipinski definition) is 1. The van der Waals surface area contributed by atoms with Crippen LogP contribution in [0.2, 0.25) is 0 Å². The van der Waals surface area contributed by atoms with Crippen LogP contribution < -0.4 is 19.5 Å². The summed E-state index contributed by atoms with van der Waals surface area (Å²) in [6.07, 6.45) is -0.553. The van der Waals surface area contributed by atoms with E-state index in [0.29, 0.717) is 35.8 Å². The molecule has 37 heavy (non-hydrogen) atoms. The molecule has 1 N–H and O–H groups in total. The van der Waals surface area contributed by atoms with Gasteiger partial charge in [-0.3, -0.25) is 14.5 Å². The van der Waals surface area contributed by atoms with E-state index in [1.165, 1.54) is 19.1 Å². The molecule has 2 aliphatic heterocycles. The number of carbonyl (C=O) groups excluding carboxylic acids is 3. The van der Waals surface area contributed by atoms with Crippen LogP contribution in [0.25, 0.3) is 0 Å². The highest BCUT2D eigenvalue weighted by atomic mass is 16.6. The lowest BCUT2D eigenvalue weighted by Gasteiger charge is -2.29. The maximum Gasteiger partial charge on any atom is 0.344 e. The van der Waals surface area contributed by atoms with Gasteiger partial charge in [-0.15, -0.1) is 0 Å². The molecular formula is C28H26N2O7. The van der Waals surface area contributed by atoms with Gasteiger partial charge in [0.1, 0.15) is 24.0 Å². The van der Waals surface area contributed by atoms with Crippen molar-refractivity contribution in [3.8, 4) is 17.2 Å². The SMILES string of the molecule is COc1ccc2c(c1OC)C(=O)O[C@H]2N1C(=O)CC[C@H]1C(=O)Nc1ccc(OCc2ccccc2)cc1. The molecular weight excluding hydrogens is 476 g/mol. The van der Waals surface area contributed by atoms with Crippen LogP contribution in [0, 0.1) is 0 Å². The van der Waals surface area contributed by atoms with Gasteiger partial charge in [0.25, 0.3) is 0 Å². The molecule has 0 aliphatic carbocycles. The predicted octanol–water partition coefficient (Wildman–Crippen LogP) is 4.08. The maximum absolute atomic E-state index is 13.2. The van der Waals surface area contributed by atoms with Crippen molar-refractivity contribution < 1.29 is 33.3 Å². The Hall–Kier alpha value is -4.53. The van der Waals surface area contributed by atoms with Crippen molar-refractivity contribution in [2.45, 2.75) is 31.7 Å². The maximum atomic E-state index is 13.2. The van der Waals surface area contributed by atoms with E-state index in [0.717, 1.165) is 5.56 Å². The summed E-state index contributed by atoms with van der Waals surface area (Å²) in [6, 6.07) is 19.3. The number of nitrogens with zero attached hydrogens (tertiary/aromatic N) is 1.